The molecule has 2 aromatic heterocycles. The third-order valence-electron chi connectivity index (χ3n) is 4.25. The molecule has 0 radical (unpaired) electrons. The molecule has 0 aliphatic rings. The Kier molecular flexibility index (Phi) is 3.34. The fourth-order valence-electron chi connectivity index (χ4n) is 2.98. The quantitative estimate of drug-likeness (QED) is 0.561. The van der Waals surface area contributed by atoms with E-state index >= 15 is 0 Å². The first-order valence-corrected chi connectivity index (χ1v) is 7.66. The largest absolute Gasteiger partial charge is 0.507 e. The minimum absolute atomic E-state index is 0.0685. The van der Waals surface area contributed by atoms with Crippen LogP contribution in [0.1, 0.15) is 5.56 Å². The Hall–Kier alpha value is -3.08. The van der Waals surface area contributed by atoms with Crippen LogP contribution in [0.2, 0.25) is 0 Å². The number of halogens is 1. The highest BCUT2D eigenvalue weighted by Gasteiger charge is 2.15. The summed E-state index contributed by atoms with van der Waals surface area (Å²) >= 11 is 0. The molecule has 4 aromatic rings. The summed E-state index contributed by atoms with van der Waals surface area (Å²) in [6.45, 7) is 0.656. The minimum Gasteiger partial charge on any atom is -0.507 e. The minimum atomic E-state index is -0.250. The number of nitrogens with zero attached hydrogens (tertiary/aromatic N) is 2. The van der Waals surface area contributed by atoms with Crippen molar-refractivity contribution in [2.75, 3.05) is 0 Å². The first kappa shape index (κ1) is 14.5. The zero-order valence-electron chi connectivity index (χ0n) is 12.8. The number of phenolic OH excluding ortho intramolecular Hbond substituents is 2. The van der Waals surface area contributed by atoms with Crippen LogP contribution in [-0.4, -0.2) is 19.8 Å². The summed E-state index contributed by atoms with van der Waals surface area (Å²) in [5.41, 5.74) is 1.41. The van der Waals surface area contributed by atoms with Gasteiger partial charge in [-0.25, -0.2) is 4.39 Å². The fourth-order valence-corrected chi connectivity index (χ4v) is 2.98. The fraction of sp³-hybridized carbons (Fsp3) is 0.105. The van der Waals surface area contributed by atoms with E-state index in [0.29, 0.717) is 28.2 Å². The summed E-state index contributed by atoms with van der Waals surface area (Å²) in [7, 11) is 0. The van der Waals surface area contributed by atoms with Gasteiger partial charge in [0.05, 0.1) is 0 Å². The number of benzene rings is 2. The molecular formula is C19H15FN2O2. The smallest absolute Gasteiger partial charge is 0.151 e. The first-order chi connectivity index (χ1) is 11.6. The summed E-state index contributed by atoms with van der Waals surface area (Å²) in [5, 5.41) is 22.6. The molecule has 0 aliphatic carbocycles. The molecule has 0 bridgehead atoms. The number of hydrogen-bond donors (Lipinski definition) is 2. The van der Waals surface area contributed by atoms with Gasteiger partial charge >= 0.3 is 0 Å². The second-order valence-electron chi connectivity index (χ2n) is 5.80. The van der Waals surface area contributed by atoms with E-state index in [4.69, 9.17) is 0 Å². The number of aromatic hydroxyl groups is 2. The predicted molar refractivity (Wildman–Crippen MR) is 90.7 cm³/mol. The Morgan fingerprint density at radius 3 is 2.38 bits per heavy atom. The summed E-state index contributed by atoms with van der Waals surface area (Å²) in [6, 6.07) is 9.85. The Morgan fingerprint density at radius 1 is 0.917 bits per heavy atom. The van der Waals surface area contributed by atoms with E-state index in [9.17, 15) is 14.6 Å². The first-order valence-electron chi connectivity index (χ1n) is 7.66. The number of phenols is 2. The second-order valence-corrected chi connectivity index (χ2v) is 5.80. The molecular weight excluding hydrogens is 307 g/mol. The molecule has 0 unspecified atom stereocenters. The van der Waals surface area contributed by atoms with Crippen LogP contribution in [0.25, 0.3) is 21.7 Å². The van der Waals surface area contributed by atoms with Crippen LogP contribution < -0.4 is 0 Å². The Labute approximate surface area is 137 Å². The molecule has 0 saturated carbocycles. The van der Waals surface area contributed by atoms with Crippen molar-refractivity contribution >= 4 is 21.7 Å². The van der Waals surface area contributed by atoms with Gasteiger partial charge in [0.15, 0.2) is 5.75 Å². The average Bonchev–Trinajstić information content (AvgIpc) is 3.04. The Morgan fingerprint density at radius 2 is 1.62 bits per heavy atom. The van der Waals surface area contributed by atoms with E-state index in [-0.39, 0.29) is 17.3 Å². The van der Waals surface area contributed by atoms with Crippen LogP contribution in [-0.2, 0) is 13.0 Å². The Balaban J connectivity index is 1.72. The van der Waals surface area contributed by atoms with Gasteiger partial charge in [-0.3, -0.25) is 4.98 Å². The van der Waals surface area contributed by atoms with Crippen LogP contribution in [0, 0.1) is 5.82 Å². The summed E-state index contributed by atoms with van der Waals surface area (Å²) in [5.74, 6) is -0.0650. The van der Waals surface area contributed by atoms with Gasteiger partial charge in [0.25, 0.3) is 0 Å². The van der Waals surface area contributed by atoms with Crippen molar-refractivity contribution in [3.05, 3.63) is 66.4 Å². The van der Waals surface area contributed by atoms with E-state index in [1.165, 1.54) is 12.1 Å². The lowest BCUT2D eigenvalue weighted by atomic mass is 10.1. The lowest BCUT2D eigenvalue weighted by molar-refractivity contribution is 0.478. The van der Waals surface area contributed by atoms with E-state index < -0.39 is 0 Å². The van der Waals surface area contributed by atoms with Crippen LogP contribution in [0.15, 0.2) is 55.0 Å². The topological polar surface area (TPSA) is 58.3 Å². The van der Waals surface area contributed by atoms with Crippen molar-refractivity contribution in [3.63, 3.8) is 0 Å². The molecule has 4 rings (SSSR count). The molecule has 0 spiro atoms. The third kappa shape index (κ3) is 2.34. The molecule has 4 nitrogen and oxygen atoms in total. The maximum Gasteiger partial charge on any atom is 0.151 e. The van der Waals surface area contributed by atoms with Gasteiger partial charge in [-0.2, -0.15) is 0 Å². The predicted octanol–water partition coefficient (Wildman–Crippen LogP) is 3.98. The van der Waals surface area contributed by atoms with E-state index in [1.807, 2.05) is 4.57 Å². The highest BCUT2D eigenvalue weighted by Crippen LogP contribution is 2.40. The highest BCUT2D eigenvalue weighted by atomic mass is 19.1. The summed E-state index contributed by atoms with van der Waals surface area (Å²) < 4.78 is 14.9. The standard InChI is InChI=1S/C19H15FN2O2/c20-13-5-3-12(4-6-13)7-9-22-10-15-16(11-22)19(24)17-14(18(15)23)2-1-8-21-17/h1-6,8,10-11,23-24H,7,9H2. The van der Waals surface area contributed by atoms with Crippen LogP contribution in [0.4, 0.5) is 4.39 Å². The van der Waals surface area contributed by atoms with Crippen LogP contribution in [0.5, 0.6) is 11.5 Å². The highest BCUT2D eigenvalue weighted by molar-refractivity contribution is 6.08. The van der Waals surface area contributed by atoms with Gasteiger partial charge in [-0.15, -0.1) is 0 Å². The molecule has 2 heterocycles. The van der Waals surface area contributed by atoms with Gasteiger partial charge in [0.2, 0.25) is 0 Å². The Bertz CT molecular complexity index is 980. The monoisotopic (exact) mass is 322 g/mol. The SMILES string of the molecule is Oc1c2cn(CCc3ccc(F)cc3)cc2c(O)c2ncccc12. The van der Waals surface area contributed by atoms with Gasteiger partial charge in [-0.1, -0.05) is 12.1 Å². The van der Waals surface area contributed by atoms with Crippen molar-refractivity contribution in [3.8, 4) is 11.5 Å². The van der Waals surface area contributed by atoms with Gasteiger partial charge in [0, 0.05) is 41.3 Å². The molecule has 120 valence electrons. The molecule has 2 aromatic carbocycles. The number of pyridine rings is 1. The maximum atomic E-state index is 12.9. The van der Waals surface area contributed by atoms with Crippen molar-refractivity contribution in [1.82, 2.24) is 9.55 Å². The molecule has 24 heavy (non-hydrogen) atoms. The zero-order chi connectivity index (χ0) is 16.7. The van der Waals surface area contributed by atoms with Crippen molar-refractivity contribution in [2.45, 2.75) is 13.0 Å². The number of aromatic nitrogens is 2. The zero-order valence-corrected chi connectivity index (χ0v) is 12.8. The lowest BCUT2D eigenvalue weighted by Gasteiger charge is -2.04. The molecule has 0 atom stereocenters. The molecule has 0 saturated heterocycles. The number of fused-ring (bicyclic) bond motifs is 2. The van der Waals surface area contributed by atoms with E-state index in [0.717, 1.165) is 12.0 Å². The molecule has 0 amide bonds. The average molecular weight is 322 g/mol. The van der Waals surface area contributed by atoms with E-state index in [2.05, 4.69) is 4.98 Å². The number of hydrogen-bond acceptors (Lipinski definition) is 3. The summed E-state index contributed by atoms with van der Waals surface area (Å²) in [4.78, 5) is 4.15. The van der Waals surface area contributed by atoms with Crippen molar-refractivity contribution in [1.29, 1.82) is 0 Å². The van der Waals surface area contributed by atoms with Gasteiger partial charge in [-0.05, 0) is 36.2 Å². The number of aryl methyl sites for hydroxylation is 2. The normalized spacial score (nSPS) is 11.4. The molecule has 0 fully saturated rings. The lowest BCUT2D eigenvalue weighted by Crippen LogP contribution is -1.98. The molecule has 5 heteroatoms. The van der Waals surface area contributed by atoms with E-state index in [1.54, 1.807) is 42.9 Å². The summed E-state index contributed by atoms with van der Waals surface area (Å²) in [6.07, 6.45) is 5.90. The molecule has 0 aliphatic heterocycles. The third-order valence-corrected chi connectivity index (χ3v) is 4.25. The number of rotatable bonds is 3. The molecule has 2 N–H and O–H groups in total. The van der Waals surface area contributed by atoms with Gasteiger partial charge < -0.3 is 14.8 Å². The van der Waals surface area contributed by atoms with Crippen LogP contribution >= 0.6 is 0 Å². The van der Waals surface area contributed by atoms with Crippen molar-refractivity contribution in [2.24, 2.45) is 0 Å². The maximum absolute atomic E-state index is 12.9. The van der Waals surface area contributed by atoms with Gasteiger partial charge in [0.1, 0.15) is 17.1 Å². The van der Waals surface area contributed by atoms with Crippen LogP contribution in [0.3, 0.4) is 0 Å². The second kappa shape index (κ2) is 5.53. The van der Waals surface area contributed by atoms with Crippen molar-refractivity contribution < 1.29 is 14.6 Å².